The Bertz CT molecular complexity index is 920. The molecule has 124 valence electrons. The number of nitrogens with one attached hydrogen (secondary N) is 1. The van der Waals surface area contributed by atoms with E-state index < -0.39 is 16.1 Å². The van der Waals surface area contributed by atoms with Gasteiger partial charge in [0.05, 0.1) is 10.9 Å². The van der Waals surface area contributed by atoms with E-state index in [0.29, 0.717) is 13.0 Å². The summed E-state index contributed by atoms with van der Waals surface area (Å²) in [5.41, 5.74) is 3.81. The Balaban J connectivity index is 1.81. The molecular weight excluding hydrogens is 324 g/mol. The number of carbonyl (C=O) groups is 1. The number of rotatable bonds is 2. The maximum absolute atomic E-state index is 13.1. The molecule has 5 nitrogen and oxygen atoms in total. The number of carbonyl (C=O) groups excluding carboxylic acids is 1. The molecular formula is C18H18N2O3S. The lowest BCUT2D eigenvalue weighted by molar-refractivity contribution is -0.117. The Morgan fingerprint density at radius 3 is 2.62 bits per heavy atom. The molecule has 0 radical (unpaired) electrons. The molecule has 0 saturated carbocycles. The highest BCUT2D eigenvalue weighted by atomic mass is 32.2. The number of anilines is 1. The monoisotopic (exact) mass is 342 g/mol. The first-order chi connectivity index (χ1) is 11.5. The van der Waals surface area contributed by atoms with E-state index in [9.17, 15) is 13.2 Å². The topological polar surface area (TPSA) is 66.5 Å². The lowest BCUT2D eigenvalue weighted by Crippen LogP contribution is -2.43. The fourth-order valence-corrected chi connectivity index (χ4v) is 5.18. The number of nitrogens with zero attached hydrogens (tertiary/aromatic N) is 1. The minimum Gasteiger partial charge on any atom is -0.326 e. The lowest BCUT2D eigenvalue weighted by atomic mass is 9.88. The van der Waals surface area contributed by atoms with E-state index in [1.807, 2.05) is 25.1 Å². The van der Waals surface area contributed by atoms with Crippen LogP contribution in [0.1, 0.15) is 29.2 Å². The molecule has 2 aliphatic rings. The van der Waals surface area contributed by atoms with E-state index in [2.05, 4.69) is 5.32 Å². The van der Waals surface area contributed by atoms with Crippen molar-refractivity contribution in [3.8, 4) is 0 Å². The lowest BCUT2D eigenvalue weighted by Gasteiger charge is -2.39. The molecule has 2 heterocycles. The Morgan fingerprint density at radius 1 is 1.12 bits per heavy atom. The van der Waals surface area contributed by atoms with Crippen molar-refractivity contribution < 1.29 is 13.2 Å². The minimum absolute atomic E-state index is 0.143. The van der Waals surface area contributed by atoms with Gasteiger partial charge in [0.15, 0.2) is 0 Å². The standard InChI is InChI=1S/C18H18N2O3S/c1-12-5-7-14(8-6-12)24(22,23)20-10-9-13-3-2-4-15-18(13)16(20)11-17(21)19-15/h2-8,16H,9-11H2,1H3,(H,19,21)/t16-/m1/s1. The van der Waals surface area contributed by atoms with Crippen LogP contribution in [0, 0.1) is 6.92 Å². The number of aryl methyl sites for hydroxylation is 1. The molecule has 4 rings (SSSR count). The van der Waals surface area contributed by atoms with Crippen LogP contribution >= 0.6 is 0 Å². The van der Waals surface area contributed by atoms with Gasteiger partial charge >= 0.3 is 0 Å². The second kappa shape index (κ2) is 5.43. The quantitative estimate of drug-likeness (QED) is 0.912. The van der Waals surface area contributed by atoms with Crippen LogP contribution in [0.15, 0.2) is 47.4 Å². The average Bonchev–Trinajstić information content (AvgIpc) is 2.55. The van der Waals surface area contributed by atoms with Gasteiger partial charge in [-0.2, -0.15) is 4.31 Å². The summed E-state index contributed by atoms with van der Waals surface area (Å²) in [5.74, 6) is -0.143. The predicted octanol–water partition coefficient (Wildman–Crippen LogP) is 2.63. The first-order valence-electron chi connectivity index (χ1n) is 7.97. The minimum atomic E-state index is -3.64. The van der Waals surface area contributed by atoms with Crippen molar-refractivity contribution >= 4 is 21.6 Å². The van der Waals surface area contributed by atoms with E-state index in [1.165, 1.54) is 4.31 Å². The molecule has 1 N–H and O–H groups in total. The molecule has 0 unspecified atom stereocenters. The molecule has 2 aromatic carbocycles. The summed E-state index contributed by atoms with van der Waals surface area (Å²) in [7, 11) is -3.64. The summed E-state index contributed by atoms with van der Waals surface area (Å²) in [4.78, 5) is 12.3. The van der Waals surface area contributed by atoms with Gasteiger partial charge in [0.25, 0.3) is 0 Å². The van der Waals surface area contributed by atoms with E-state index in [-0.39, 0.29) is 17.2 Å². The first kappa shape index (κ1) is 15.4. The normalized spacial score (nSPS) is 20.4. The van der Waals surface area contributed by atoms with Gasteiger partial charge in [-0.25, -0.2) is 8.42 Å². The molecule has 0 bridgehead atoms. The van der Waals surface area contributed by atoms with Crippen LogP contribution in [0.5, 0.6) is 0 Å². The van der Waals surface area contributed by atoms with E-state index in [1.54, 1.807) is 24.3 Å². The van der Waals surface area contributed by atoms with Crippen molar-refractivity contribution in [2.75, 3.05) is 11.9 Å². The molecule has 2 aliphatic heterocycles. The highest BCUT2D eigenvalue weighted by Gasteiger charge is 2.40. The Morgan fingerprint density at radius 2 is 1.88 bits per heavy atom. The van der Waals surface area contributed by atoms with Crippen LogP contribution in [-0.4, -0.2) is 25.2 Å². The fraction of sp³-hybridized carbons (Fsp3) is 0.278. The number of benzene rings is 2. The smallest absolute Gasteiger partial charge is 0.243 e. The van der Waals surface area contributed by atoms with Gasteiger partial charge in [-0.3, -0.25) is 4.79 Å². The molecule has 1 amide bonds. The molecule has 2 aromatic rings. The van der Waals surface area contributed by atoms with Crippen molar-refractivity contribution in [3.05, 3.63) is 59.2 Å². The summed E-state index contributed by atoms with van der Waals surface area (Å²) in [6.07, 6.45) is 0.815. The highest BCUT2D eigenvalue weighted by molar-refractivity contribution is 7.89. The number of amides is 1. The number of hydrogen-bond donors (Lipinski definition) is 1. The Kier molecular flexibility index (Phi) is 3.47. The Labute approximate surface area is 141 Å². The largest absolute Gasteiger partial charge is 0.326 e. The maximum atomic E-state index is 13.1. The molecule has 6 heteroatoms. The third kappa shape index (κ3) is 2.34. The van der Waals surface area contributed by atoms with E-state index >= 15 is 0 Å². The number of hydrogen-bond acceptors (Lipinski definition) is 3. The Hall–Kier alpha value is -2.18. The molecule has 0 aromatic heterocycles. The zero-order chi connectivity index (χ0) is 16.9. The van der Waals surface area contributed by atoms with Crippen LogP contribution < -0.4 is 5.32 Å². The first-order valence-corrected chi connectivity index (χ1v) is 9.41. The van der Waals surface area contributed by atoms with Gasteiger partial charge in [-0.1, -0.05) is 29.8 Å². The molecule has 0 aliphatic carbocycles. The van der Waals surface area contributed by atoms with Crippen molar-refractivity contribution in [2.45, 2.75) is 30.7 Å². The summed E-state index contributed by atoms with van der Waals surface area (Å²) < 4.78 is 27.7. The second-order valence-electron chi connectivity index (χ2n) is 6.33. The summed E-state index contributed by atoms with van der Waals surface area (Å²) in [6, 6.07) is 12.2. The van der Waals surface area contributed by atoms with E-state index in [4.69, 9.17) is 0 Å². The third-order valence-corrected chi connectivity index (χ3v) is 6.68. The van der Waals surface area contributed by atoms with Gasteiger partial charge < -0.3 is 5.32 Å². The molecule has 24 heavy (non-hydrogen) atoms. The molecule has 1 atom stereocenters. The second-order valence-corrected chi connectivity index (χ2v) is 8.22. The summed E-state index contributed by atoms with van der Waals surface area (Å²) >= 11 is 0. The van der Waals surface area contributed by atoms with Gasteiger partial charge in [0.2, 0.25) is 15.9 Å². The molecule has 0 spiro atoms. The predicted molar refractivity (Wildman–Crippen MR) is 91.2 cm³/mol. The SMILES string of the molecule is Cc1ccc(S(=O)(=O)N2CCc3cccc4c3[C@H]2CC(=O)N4)cc1. The van der Waals surface area contributed by atoms with Crippen LogP contribution in [0.2, 0.25) is 0 Å². The number of sulfonamides is 1. The van der Waals surface area contributed by atoms with Crippen molar-refractivity contribution in [3.63, 3.8) is 0 Å². The van der Waals surface area contributed by atoms with Crippen molar-refractivity contribution in [1.82, 2.24) is 4.31 Å². The van der Waals surface area contributed by atoms with Crippen LogP contribution in [0.25, 0.3) is 0 Å². The van der Waals surface area contributed by atoms with Gasteiger partial charge in [0, 0.05) is 18.7 Å². The summed E-state index contributed by atoms with van der Waals surface area (Å²) in [6.45, 7) is 2.32. The summed E-state index contributed by atoms with van der Waals surface area (Å²) in [5, 5.41) is 2.86. The van der Waals surface area contributed by atoms with Gasteiger partial charge in [-0.15, -0.1) is 0 Å². The van der Waals surface area contributed by atoms with Crippen LogP contribution in [0.3, 0.4) is 0 Å². The fourth-order valence-electron chi connectivity index (χ4n) is 3.58. The van der Waals surface area contributed by atoms with E-state index in [0.717, 1.165) is 22.4 Å². The molecule has 0 fully saturated rings. The van der Waals surface area contributed by atoms with Crippen molar-refractivity contribution in [1.29, 1.82) is 0 Å². The zero-order valence-electron chi connectivity index (χ0n) is 13.3. The van der Waals surface area contributed by atoms with Crippen LogP contribution in [-0.2, 0) is 21.2 Å². The average molecular weight is 342 g/mol. The highest BCUT2D eigenvalue weighted by Crippen LogP contribution is 2.42. The van der Waals surface area contributed by atoms with Crippen LogP contribution in [0.4, 0.5) is 5.69 Å². The van der Waals surface area contributed by atoms with Gasteiger partial charge in [-0.05, 0) is 42.7 Å². The maximum Gasteiger partial charge on any atom is 0.243 e. The van der Waals surface area contributed by atoms with Gasteiger partial charge in [0.1, 0.15) is 0 Å². The van der Waals surface area contributed by atoms with Crippen molar-refractivity contribution in [2.24, 2.45) is 0 Å². The zero-order valence-corrected chi connectivity index (χ0v) is 14.1. The third-order valence-electron chi connectivity index (χ3n) is 4.76. The molecule has 0 saturated heterocycles.